The van der Waals surface area contributed by atoms with Gasteiger partial charge in [-0.3, -0.25) is 4.79 Å². The van der Waals surface area contributed by atoms with Crippen LogP contribution in [0, 0.1) is 0 Å². The van der Waals surface area contributed by atoms with Crippen molar-refractivity contribution in [3.8, 4) is 0 Å². The molecule has 0 aliphatic heterocycles. The lowest BCUT2D eigenvalue weighted by molar-refractivity contribution is -0.107. The summed E-state index contributed by atoms with van der Waals surface area (Å²) in [4.78, 5) is 9.88. The second-order valence-electron chi connectivity index (χ2n) is 0.861. The van der Waals surface area contributed by atoms with Crippen LogP contribution in [0.4, 0.5) is 0 Å². The predicted octanol–water partition coefficient (Wildman–Crippen LogP) is 1.74. The molecule has 0 aliphatic carbocycles. The van der Waals surface area contributed by atoms with E-state index in [1.54, 1.807) is 6.08 Å². The topological polar surface area (TPSA) is 17.1 Å². The van der Waals surface area contributed by atoms with Crippen LogP contribution in [-0.2, 0) is 4.79 Å². The molecule has 0 atom stereocenters. The average Bonchev–Trinajstić information content (AvgIpc) is 1.61. The molecule has 0 aromatic heterocycles. The maximum absolute atomic E-state index is 9.88. The highest BCUT2D eigenvalue weighted by molar-refractivity contribution is 14.1. The molecule has 0 amide bonds. The molecule has 0 aromatic carbocycles. The minimum absolute atomic E-state index is 0.406. The second kappa shape index (κ2) is 4.59. The van der Waals surface area contributed by atoms with Crippen LogP contribution in [0.5, 0.6) is 0 Å². The minimum Gasteiger partial charge on any atom is -0.276 e. The van der Waals surface area contributed by atoms with E-state index in [4.69, 9.17) is 11.6 Å². The first-order valence-electron chi connectivity index (χ1n) is 1.69. The van der Waals surface area contributed by atoms with E-state index in [9.17, 15) is 4.79 Å². The summed E-state index contributed by atoms with van der Waals surface area (Å²) in [7, 11) is 0. The Morgan fingerprint density at radius 1 is 1.86 bits per heavy atom. The van der Waals surface area contributed by atoms with Gasteiger partial charge in [0.1, 0.15) is 0 Å². The fourth-order valence-corrected chi connectivity index (χ4v) is 0.481. The molecule has 0 rings (SSSR count). The van der Waals surface area contributed by atoms with Crippen molar-refractivity contribution in [2.75, 3.05) is 4.43 Å². The van der Waals surface area contributed by atoms with Gasteiger partial charge in [-0.25, -0.2) is 0 Å². The van der Waals surface area contributed by atoms with Crippen molar-refractivity contribution in [1.29, 1.82) is 0 Å². The number of hydrogen-bond donors (Lipinski definition) is 0. The first-order chi connectivity index (χ1) is 3.27. The van der Waals surface area contributed by atoms with Crippen LogP contribution in [0.1, 0.15) is 0 Å². The van der Waals surface area contributed by atoms with Gasteiger partial charge in [0.2, 0.25) is 5.24 Å². The standard InChI is InChI=1S/C4H4ClIO/c5-4(7)2-1-3-6/h1-2H,3H2/b2-1+. The molecular weight excluding hydrogens is 226 g/mol. The molecule has 1 nitrogen and oxygen atoms in total. The van der Waals surface area contributed by atoms with Crippen molar-refractivity contribution in [2.24, 2.45) is 0 Å². The third-order valence-corrected chi connectivity index (χ3v) is 0.972. The van der Waals surface area contributed by atoms with Crippen molar-refractivity contribution in [2.45, 2.75) is 0 Å². The summed E-state index contributed by atoms with van der Waals surface area (Å²) >= 11 is 7.05. The summed E-state index contributed by atoms with van der Waals surface area (Å²) < 4.78 is 0.830. The summed E-state index contributed by atoms with van der Waals surface area (Å²) in [5, 5.41) is -0.406. The minimum atomic E-state index is -0.406. The molecule has 0 radical (unpaired) electrons. The maximum Gasteiger partial charge on any atom is 0.244 e. The molecule has 0 bridgehead atoms. The van der Waals surface area contributed by atoms with Crippen molar-refractivity contribution >= 4 is 39.4 Å². The Labute approximate surface area is 60.9 Å². The zero-order valence-electron chi connectivity index (χ0n) is 3.53. The molecule has 40 valence electrons. The monoisotopic (exact) mass is 230 g/mol. The Morgan fingerprint density at radius 3 is 2.57 bits per heavy atom. The van der Waals surface area contributed by atoms with Crippen LogP contribution in [0.3, 0.4) is 0 Å². The van der Waals surface area contributed by atoms with Gasteiger partial charge in [0.05, 0.1) is 0 Å². The molecule has 0 aromatic rings. The van der Waals surface area contributed by atoms with Gasteiger partial charge in [0, 0.05) is 4.43 Å². The summed E-state index contributed by atoms with van der Waals surface area (Å²) in [5.74, 6) is 0. The third-order valence-electron chi connectivity index (χ3n) is 0.338. The lowest BCUT2D eigenvalue weighted by Crippen LogP contribution is -1.73. The number of allylic oxidation sites excluding steroid dienone is 2. The van der Waals surface area contributed by atoms with Gasteiger partial charge in [-0.05, 0) is 17.7 Å². The highest BCUT2D eigenvalue weighted by Crippen LogP contribution is 1.85. The van der Waals surface area contributed by atoms with Crippen LogP contribution >= 0.6 is 34.2 Å². The lowest BCUT2D eigenvalue weighted by Gasteiger charge is -1.70. The van der Waals surface area contributed by atoms with E-state index in [2.05, 4.69) is 22.6 Å². The molecule has 0 saturated carbocycles. The third kappa shape index (κ3) is 6.43. The van der Waals surface area contributed by atoms with Crippen LogP contribution in [0.2, 0.25) is 0 Å². The molecule has 0 unspecified atom stereocenters. The molecule has 0 aliphatic rings. The molecule has 0 saturated heterocycles. The zero-order chi connectivity index (χ0) is 5.70. The smallest absolute Gasteiger partial charge is 0.244 e. The first-order valence-corrected chi connectivity index (χ1v) is 3.59. The van der Waals surface area contributed by atoms with E-state index >= 15 is 0 Å². The van der Waals surface area contributed by atoms with Crippen LogP contribution < -0.4 is 0 Å². The Bertz CT molecular complexity index is 89.7. The highest BCUT2D eigenvalue weighted by atomic mass is 127. The van der Waals surface area contributed by atoms with Crippen LogP contribution in [-0.4, -0.2) is 9.67 Å². The van der Waals surface area contributed by atoms with Gasteiger partial charge in [0.25, 0.3) is 0 Å². The molecule has 0 spiro atoms. The van der Waals surface area contributed by atoms with Crippen molar-refractivity contribution in [1.82, 2.24) is 0 Å². The van der Waals surface area contributed by atoms with E-state index in [0.717, 1.165) is 4.43 Å². The number of rotatable bonds is 2. The molecule has 0 fully saturated rings. The van der Waals surface area contributed by atoms with E-state index < -0.39 is 5.24 Å². The van der Waals surface area contributed by atoms with Gasteiger partial charge >= 0.3 is 0 Å². The van der Waals surface area contributed by atoms with Crippen molar-refractivity contribution in [3.63, 3.8) is 0 Å². The SMILES string of the molecule is O=C(Cl)/C=C/CI. The quantitative estimate of drug-likeness (QED) is 0.306. The number of alkyl halides is 1. The van der Waals surface area contributed by atoms with Gasteiger partial charge < -0.3 is 0 Å². The summed E-state index contributed by atoms with van der Waals surface area (Å²) in [5.41, 5.74) is 0. The van der Waals surface area contributed by atoms with E-state index in [-0.39, 0.29) is 0 Å². The number of carbonyl (C=O) groups excluding carboxylic acids is 1. The van der Waals surface area contributed by atoms with Crippen LogP contribution in [0.15, 0.2) is 12.2 Å². The van der Waals surface area contributed by atoms with Gasteiger partial charge in [-0.15, -0.1) is 0 Å². The zero-order valence-corrected chi connectivity index (χ0v) is 6.44. The number of halogens is 2. The Kier molecular flexibility index (Phi) is 4.87. The first kappa shape index (κ1) is 7.43. The molecule has 0 N–H and O–H groups in total. The van der Waals surface area contributed by atoms with Gasteiger partial charge in [0.15, 0.2) is 0 Å². The predicted molar refractivity (Wildman–Crippen MR) is 38.9 cm³/mol. The van der Waals surface area contributed by atoms with Crippen molar-refractivity contribution in [3.05, 3.63) is 12.2 Å². The molecule has 3 heteroatoms. The number of carbonyl (C=O) groups is 1. The Hall–Kier alpha value is 0.430. The van der Waals surface area contributed by atoms with Gasteiger partial charge in [-0.1, -0.05) is 28.7 Å². The van der Waals surface area contributed by atoms with Crippen LogP contribution in [0.25, 0.3) is 0 Å². The molecule has 7 heavy (non-hydrogen) atoms. The molecule has 0 heterocycles. The largest absolute Gasteiger partial charge is 0.276 e. The normalized spacial score (nSPS) is 10.0. The molecular formula is C4H4ClIO. The van der Waals surface area contributed by atoms with E-state index in [1.165, 1.54) is 6.08 Å². The second-order valence-corrected chi connectivity index (χ2v) is 2.11. The van der Waals surface area contributed by atoms with E-state index in [1.807, 2.05) is 0 Å². The Balaban J connectivity index is 3.26. The lowest BCUT2D eigenvalue weighted by atomic mass is 10.6. The summed E-state index contributed by atoms with van der Waals surface area (Å²) in [6.45, 7) is 0. The van der Waals surface area contributed by atoms with Crippen molar-refractivity contribution < 1.29 is 4.79 Å². The fourth-order valence-electron chi connectivity index (χ4n) is 0.137. The van der Waals surface area contributed by atoms with E-state index in [0.29, 0.717) is 0 Å². The average molecular weight is 230 g/mol. The summed E-state index contributed by atoms with van der Waals surface area (Å²) in [6.07, 6.45) is 3.05. The summed E-state index contributed by atoms with van der Waals surface area (Å²) in [6, 6.07) is 0. The number of hydrogen-bond acceptors (Lipinski definition) is 1. The van der Waals surface area contributed by atoms with Gasteiger partial charge in [-0.2, -0.15) is 0 Å². The fraction of sp³-hybridized carbons (Fsp3) is 0.250. The maximum atomic E-state index is 9.88. The highest BCUT2D eigenvalue weighted by Gasteiger charge is 1.79. The Morgan fingerprint density at radius 2 is 2.43 bits per heavy atom.